The van der Waals surface area contributed by atoms with Gasteiger partial charge >= 0.3 is 0 Å². The molecule has 0 unspecified atom stereocenters. The predicted molar refractivity (Wildman–Crippen MR) is 75.6 cm³/mol. The van der Waals surface area contributed by atoms with Crippen molar-refractivity contribution in [2.24, 2.45) is 0 Å². The summed E-state index contributed by atoms with van der Waals surface area (Å²) in [5.74, 6) is 1.00. The van der Waals surface area contributed by atoms with Crippen molar-refractivity contribution in [3.8, 4) is 0 Å². The molecular weight excluding hydrogens is 230 g/mol. The molecule has 2 nitrogen and oxygen atoms in total. The molecule has 0 aliphatic rings. The molecule has 0 amide bonds. The Morgan fingerprint density at radius 2 is 1.82 bits per heavy atom. The Morgan fingerprint density at radius 3 is 2.35 bits per heavy atom. The van der Waals surface area contributed by atoms with E-state index in [1.807, 2.05) is 18.8 Å². The second-order valence-corrected chi connectivity index (χ2v) is 6.15. The standard InChI is InChI=1S/C14H23NOS/c1-14(2,3)16-9-10-17-13-7-5-12(6-8-13)11-15-4/h5-8,15H,9-11H2,1-4H3. The number of benzene rings is 1. The Hall–Kier alpha value is -0.510. The predicted octanol–water partition coefficient (Wildman–Crippen LogP) is 3.31. The smallest absolute Gasteiger partial charge is 0.0598 e. The normalized spacial score (nSPS) is 11.8. The first-order chi connectivity index (χ1) is 8.01. The van der Waals surface area contributed by atoms with E-state index in [-0.39, 0.29) is 5.60 Å². The molecule has 0 spiro atoms. The van der Waals surface area contributed by atoms with Crippen molar-refractivity contribution < 1.29 is 4.74 Å². The largest absolute Gasteiger partial charge is 0.375 e. The third-order valence-electron chi connectivity index (χ3n) is 2.19. The number of hydrogen-bond acceptors (Lipinski definition) is 3. The monoisotopic (exact) mass is 253 g/mol. The van der Waals surface area contributed by atoms with Crippen molar-refractivity contribution in [3.63, 3.8) is 0 Å². The molecule has 0 atom stereocenters. The molecule has 0 saturated carbocycles. The lowest BCUT2D eigenvalue weighted by atomic mass is 10.2. The Morgan fingerprint density at radius 1 is 1.18 bits per heavy atom. The highest BCUT2D eigenvalue weighted by molar-refractivity contribution is 7.99. The summed E-state index contributed by atoms with van der Waals surface area (Å²) in [6.45, 7) is 7.99. The molecule has 0 aliphatic carbocycles. The van der Waals surface area contributed by atoms with Crippen LogP contribution in [0.2, 0.25) is 0 Å². The minimum atomic E-state index is -0.0305. The van der Waals surface area contributed by atoms with E-state index in [2.05, 4.69) is 50.4 Å². The molecule has 0 aliphatic heterocycles. The Labute approximate surface area is 109 Å². The summed E-state index contributed by atoms with van der Waals surface area (Å²) in [7, 11) is 1.96. The molecule has 0 fully saturated rings. The summed E-state index contributed by atoms with van der Waals surface area (Å²) >= 11 is 1.84. The first-order valence-corrected chi connectivity index (χ1v) is 7.00. The fraction of sp³-hybridized carbons (Fsp3) is 0.571. The summed E-state index contributed by atoms with van der Waals surface area (Å²) in [5, 5.41) is 3.15. The van der Waals surface area contributed by atoms with E-state index in [1.54, 1.807) is 0 Å². The van der Waals surface area contributed by atoms with Crippen LogP contribution in [-0.2, 0) is 11.3 Å². The lowest BCUT2D eigenvalue weighted by molar-refractivity contribution is 0.00695. The topological polar surface area (TPSA) is 21.3 Å². The van der Waals surface area contributed by atoms with Crippen molar-refractivity contribution in [3.05, 3.63) is 29.8 Å². The van der Waals surface area contributed by atoms with Gasteiger partial charge in [-0.3, -0.25) is 0 Å². The van der Waals surface area contributed by atoms with Gasteiger partial charge in [0.2, 0.25) is 0 Å². The van der Waals surface area contributed by atoms with E-state index in [9.17, 15) is 0 Å². The van der Waals surface area contributed by atoms with Crippen molar-refractivity contribution in [1.29, 1.82) is 0 Å². The van der Waals surface area contributed by atoms with Crippen LogP contribution < -0.4 is 5.32 Å². The molecule has 96 valence electrons. The summed E-state index contributed by atoms with van der Waals surface area (Å²) in [6, 6.07) is 8.69. The van der Waals surface area contributed by atoms with E-state index in [4.69, 9.17) is 4.74 Å². The summed E-state index contributed by atoms with van der Waals surface area (Å²) in [4.78, 5) is 1.31. The third-order valence-corrected chi connectivity index (χ3v) is 3.17. The average molecular weight is 253 g/mol. The maximum Gasteiger partial charge on any atom is 0.0598 e. The maximum absolute atomic E-state index is 5.68. The van der Waals surface area contributed by atoms with Gasteiger partial charge in [-0.25, -0.2) is 0 Å². The molecule has 1 aromatic rings. The van der Waals surface area contributed by atoms with Crippen LogP contribution in [0.1, 0.15) is 26.3 Å². The Kier molecular flexibility index (Phi) is 6.03. The number of ether oxygens (including phenoxy) is 1. The van der Waals surface area contributed by atoms with E-state index in [0.717, 1.165) is 18.9 Å². The molecule has 1 rings (SSSR count). The molecule has 0 bridgehead atoms. The van der Waals surface area contributed by atoms with Gasteiger partial charge in [0.1, 0.15) is 0 Å². The minimum absolute atomic E-state index is 0.0305. The maximum atomic E-state index is 5.68. The van der Waals surface area contributed by atoms with Crippen LogP contribution in [-0.4, -0.2) is 25.0 Å². The van der Waals surface area contributed by atoms with Gasteiger partial charge in [-0.2, -0.15) is 0 Å². The summed E-state index contributed by atoms with van der Waals surface area (Å²) < 4.78 is 5.68. The van der Waals surface area contributed by atoms with E-state index < -0.39 is 0 Å². The van der Waals surface area contributed by atoms with Crippen LogP contribution in [0.4, 0.5) is 0 Å². The van der Waals surface area contributed by atoms with Gasteiger partial charge < -0.3 is 10.1 Å². The van der Waals surface area contributed by atoms with E-state index >= 15 is 0 Å². The molecule has 0 saturated heterocycles. The zero-order chi connectivity index (χ0) is 12.7. The zero-order valence-corrected chi connectivity index (χ0v) is 12.1. The van der Waals surface area contributed by atoms with Crippen LogP contribution in [0.15, 0.2) is 29.2 Å². The second-order valence-electron chi connectivity index (χ2n) is 4.98. The fourth-order valence-corrected chi connectivity index (χ4v) is 2.15. The van der Waals surface area contributed by atoms with E-state index in [0.29, 0.717) is 0 Å². The number of nitrogens with one attached hydrogen (secondary N) is 1. The molecule has 0 heterocycles. The highest BCUT2D eigenvalue weighted by Crippen LogP contribution is 2.19. The first-order valence-electron chi connectivity index (χ1n) is 6.01. The lowest BCUT2D eigenvalue weighted by Gasteiger charge is -2.19. The Bertz CT molecular complexity index is 316. The Balaban J connectivity index is 2.27. The van der Waals surface area contributed by atoms with Crippen molar-refractivity contribution >= 4 is 11.8 Å². The quantitative estimate of drug-likeness (QED) is 0.621. The molecule has 1 N–H and O–H groups in total. The van der Waals surface area contributed by atoms with Crippen molar-refractivity contribution in [1.82, 2.24) is 5.32 Å². The average Bonchev–Trinajstić information content (AvgIpc) is 2.26. The second kappa shape index (κ2) is 7.04. The van der Waals surface area contributed by atoms with Crippen LogP contribution >= 0.6 is 11.8 Å². The molecule has 17 heavy (non-hydrogen) atoms. The summed E-state index contributed by atoms with van der Waals surface area (Å²) in [6.07, 6.45) is 0. The van der Waals surface area contributed by atoms with Gasteiger partial charge in [-0.05, 0) is 45.5 Å². The van der Waals surface area contributed by atoms with Gasteiger partial charge in [0, 0.05) is 17.2 Å². The van der Waals surface area contributed by atoms with E-state index in [1.165, 1.54) is 10.5 Å². The van der Waals surface area contributed by atoms with Gasteiger partial charge in [-0.1, -0.05) is 12.1 Å². The van der Waals surface area contributed by atoms with Crippen molar-refractivity contribution in [2.45, 2.75) is 37.8 Å². The SMILES string of the molecule is CNCc1ccc(SCCOC(C)(C)C)cc1. The highest BCUT2D eigenvalue weighted by atomic mass is 32.2. The number of hydrogen-bond donors (Lipinski definition) is 1. The van der Waals surface area contributed by atoms with Gasteiger partial charge in [0.25, 0.3) is 0 Å². The van der Waals surface area contributed by atoms with Gasteiger partial charge in [-0.15, -0.1) is 11.8 Å². The summed E-state index contributed by atoms with van der Waals surface area (Å²) in [5.41, 5.74) is 1.29. The fourth-order valence-electron chi connectivity index (χ4n) is 1.42. The molecule has 0 aromatic heterocycles. The van der Waals surface area contributed by atoms with Gasteiger partial charge in [0.15, 0.2) is 0 Å². The molecule has 0 radical (unpaired) electrons. The zero-order valence-electron chi connectivity index (χ0n) is 11.2. The van der Waals surface area contributed by atoms with Crippen LogP contribution in [0.3, 0.4) is 0 Å². The minimum Gasteiger partial charge on any atom is -0.375 e. The molecular formula is C14H23NOS. The number of rotatable bonds is 6. The van der Waals surface area contributed by atoms with Crippen LogP contribution in [0.5, 0.6) is 0 Å². The van der Waals surface area contributed by atoms with Crippen LogP contribution in [0.25, 0.3) is 0 Å². The highest BCUT2D eigenvalue weighted by Gasteiger charge is 2.08. The lowest BCUT2D eigenvalue weighted by Crippen LogP contribution is -2.20. The molecule has 3 heteroatoms. The molecule has 1 aromatic carbocycles. The van der Waals surface area contributed by atoms with Crippen molar-refractivity contribution in [2.75, 3.05) is 19.4 Å². The van der Waals surface area contributed by atoms with Gasteiger partial charge in [0.05, 0.1) is 12.2 Å². The van der Waals surface area contributed by atoms with Crippen LogP contribution in [0, 0.1) is 0 Å². The first kappa shape index (κ1) is 14.6. The number of thioether (sulfide) groups is 1. The third kappa shape index (κ3) is 6.71.